The molecule has 0 saturated carbocycles. The van der Waals surface area contributed by atoms with Gasteiger partial charge in [0, 0.05) is 6.54 Å². The summed E-state index contributed by atoms with van der Waals surface area (Å²) in [4.78, 5) is 23.5. The van der Waals surface area contributed by atoms with E-state index in [1.54, 1.807) is 0 Å². The van der Waals surface area contributed by atoms with E-state index < -0.39 is 11.9 Å². The maximum atomic E-state index is 12.0. The van der Waals surface area contributed by atoms with Crippen molar-refractivity contribution >= 4 is 23.4 Å². The number of rotatable bonds is 6. The van der Waals surface area contributed by atoms with Crippen LogP contribution in [0.1, 0.15) is 49.0 Å². The highest BCUT2D eigenvalue weighted by Crippen LogP contribution is 2.19. The van der Waals surface area contributed by atoms with Crippen LogP contribution in [0.2, 0.25) is 0 Å². The van der Waals surface area contributed by atoms with Gasteiger partial charge in [0.15, 0.2) is 0 Å². The van der Waals surface area contributed by atoms with Gasteiger partial charge in [-0.1, -0.05) is 32.2 Å². The number of hydrogen-bond donors (Lipinski definition) is 2. The number of aromatic nitrogens is 2. The molecule has 0 aromatic carbocycles. The smallest absolute Gasteiger partial charge is 0.308 e. The standard InChI is InChI=1S/C12H19N3O3S/c1-6(2)8(12(17)18)5-13-11(16)10-9(7(3)4)14-15-19-10/h6-8H,5H2,1-4H3,(H,13,16)(H,17,18). The van der Waals surface area contributed by atoms with Gasteiger partial charge < -0.3 is 10.4 Å². The van der Waals surface area contributed by atoms with Crippen LogP contribution in [0.4, 0.5) is 0 Å². The molecule has 106 valence electrons. The molecule has 0 aliphatic heterocycles. The second kappa shape index (κ2) is 6.60. The van der Waals surface area contributed by atoms with Crippen LogP contribution in [0.5, 0.6) is 0 Å². The van der Waals surface area contributed by atoms with Gasteiger partial charge in [0.25, 0.3) is 5.91 Å². The van der Waals surface area contributed by atoms with Gasteiger partial charge in [-0.05, 0) is 23.4 Å². The molecule has 1 rings (SSSR count). The average molecular weight is 285 g/mol. The van der Waals surface area contributed by atoms with E-state index in [9.17, 15) is 9.59 Å². The first-order valence-corrected chi connectivity index (χ1v) is 6.95. The highest BCUT2D eigenvalue weighted by Gasteiger charge is 2.24. The highest BCUT2D eigenvalue weighted by molar-refractivity contribution is 7.08. The molecule has 0 bridgehead atoms. The van der Waals surface area contributed by atoms with Crippen LogP contribution in [-0.4, -0.2) is 33.1 Å². The van der Waals surface area contributed by atoms with Crippen LogP contribution in [0, 0.1) is 11.8 Å². The number of aliphatic carboxylic acids is 1. The van der Waals surface area contributed by atoms with E-state index in [2.05, 4.69) is 14.9 Å². The monoisotopic (exact) mass is 285 g/mol. The van der Waals surface area contributed by atoms with Crippen molar-refractivity contribution in [2.45, 2.75) is 33.6 Å². The van der Waals surface area contributed by atoms with E-state index in [0.717, 1.165) is 11.5 Å². The molecular weight excluding hydrogens is 266 g/mol. The molecule has 0 saturated heterocycles. The summed E-state index contributed by atoms with van der Waals surface area (Å²) in [6.45, 7) is 7.61. The molecule has 0 aliphatic carbocycles. The van der Waals surface area contributed by atoms with Gasteiger partial charge in [-0.25, -0.2) is 0 Å². The SMILES string of the molecule is CC(C)c1nnsc1C(=O)NCC(C(=O)O)C(C)C. The first-order valence-electron chi connectivity index (χ1n) is 6.17. The predicted octanol–water partition coefficient (Wildman–Crippen LogP) is 1.75. The maximum absolute atomic E-state index is 12.0. The second-order valence-electron chi connectivity index (χ2n) is 5.04. The summed E-state index contributed by atoms with van der Waals surface area (Å²) >= 11 is 1.03. The summed E-state index contributed by atoms with van der Waals surface area (Å²) in [6.07, 6.45) is 0. The quantitative estimate of drug-likeness (QED) is 0.830. The Hall–Kier alpha value is -1.50. The Morgan fingerprint density at radius 2 is 1.95 bits per heavy atom. The minimum atomic E-state index is -0.901. The van der Waals surface area contributed by atoms with Gasteiger partial charge in [-0.2, -0.15) is 0 Å². The molecule has 7 heteroatoms. The van der Waals surface area contributed by atoms with Crippen molar-refractivity contribution in [2.24, 2.45) is 11.8 Å². The van der Waals surface area contributed by atoms with E-state index in [-0.39, 0.29) is 24.3 Å². The van der Waals surface area contributed by atoms with E-state index in [1.807, 2.05) is 27.7 Å². The summed E-state index contributed by atoms with van der Waals surface area (Å²) in [5.41, 5.74) is 0.652. The molecule has 1 aromatic heterocycles. The Bertz CT molecular complexity index is 457. The lowest BCUT2D eigenvalue weighted by molar-refractivity contribution is -0.142. The molecule has 19 heavy (non-hydrogen) atoms. The van der Waals surface area contributed by atoms with E-state index in [1.165, 1.54) is 0 Å². The zero-order valence-electron chi connectivity index (χ0n) is 11.5. The lowest BCUT2D eigenvalue weighted by Gasteiger charge is -2.16. The molecule has 2 N–H and O–H groups in total. The molecule has 1 aromatic rings. The van der Waals surface area contributed by atoms with Crippen molar-refractivity contribution in [2.75, 3.05) is 6.54 Å². The topological polar surface area (TPSA) is 92.2 Å². The summed E-state index contributed by atoms with van der Waals surface area (Å²) in [7, 11) is 0. The Kier molecular flexibility index (Phi) is 5.41. The predicted molar refractivity (Wildman–Crippen MR) is 72.3 cm³/mol. The minimum Gasteiger partial charge on any atom is -0.481 e. The summed E-state index contributed by atoms with van der Waals surface area (Å²) in [6, 6.07) is 0. The molecule has 1 amide bonds. The van der Waals surface area contributed by atoms with Crippen LogP contribution in [0.25, 0.3) is 0 Å². The molecule has 1 unspecified atom stereocenters. The lowest BCUT2D eigenvalue weighted by Crippen LogP contribution is -2.35. The van der Waals surface area contributed by atoms with Gasteiger partial charge >= 0.3 is 5.97 Å². The Morgan fingerprint density at radius 1 is 1.32 bits per heavy atom. The Morgan fingerprint density at radius 3 is 2.42 bits per heavy atom. The average Bonchev–Trinajstić information content (AvgIpc) is 2.76. The number of carbonyl (C=O) groups excluding carboxylic acids is 1. The van der Waals surface area contributed by atoms with Crippen molar-refractivity contribution in [3.63, 3.8) is 0 Å². The maximum Gasteiger partial charge on any atom is 0.308 e. The van der Waals surface area contributed by atoms with Gasteiger partial charge in [0.1, 0.15) is 4.88 Å². The summed E-state index contributed by atoms with van der Waals surface area (Å²) < 4.78 is 3.78. The van der Waals surface area contributed by atoms with Crippen molar-refractivity contribution in [1.82, 2.24) is 14.9 Å². The van der Waals surface area contributed by atoms with Crippen molar-refractivity contribution < 1.29 is 14.7 Å². The lowest BCUT2D eigenvalue weighted by atomic mass is 9.96. The number of carboxylic acid groups (broad SMARTS) is 1. The second-order valence-corrected chi connectivity index (χ2v) is 5.79. The van der Waals surface area contributed by atoms with Crippen LogP contribution in [0.15, 0.2) is 0 Å². The third kappa shape index (κ3) is 3.99. The zero-order chi connectivity index (χ0) is 14.6. The van der Waals surface area contributed by atoms with Crippen molar-refractivity contribution in [1.29, 1.82) is 0 Å². The zero-order valence-corrected chi connectivity index (χ0v) is 12.3. The van der Waals surface area contributed by atoms with Gasteiger partial charge in [-0.3, -0.25) is 9.59 Å². The molecule has 1 heterocycles. The number of amides is 1. The largest absolute Gasteiger partial charge is 0.481 e. The third-order valence-electron chi connectivity index (χ3n) is 2.87. The number of carbonyl (C=O) groups is 2. The molecular formula is C12H19N3O3S. The van der Waals surface area contributed by atoms with E-state index in [4.69, 9.17) is 5.11 Å². The Balaban J connectivity index is 2.70. The fourth-order valence-corrected chi connectivity index (χ4v) is 2.36. The van der Waals surface area contributed by atoms with Crippen LogP contribution >= 0.6 is 11.5 Å². The van der Waals surface area contributed by atoms with Crippen molar-refractivity contribution in [3.05, 3.63) is 10.6 Å². The van der Waals surface area contributed by atoms with Crippen LogP contribution in [0.3, 0.4) is 0 Å². The number of hydrogen-bond acceptors (Lipinski definition) is 5. The van der Waals surface area contributed by atoms with Gasteiger partial charge in [-0.15, -0.1) is 5.10 Å². The van der Waals surface area contributed by atoms with Crippen LogP contribution in [-0.2, 0) is 4.79 Å². The van der Waals surface area contributed by atoms with Gasteiger partial charge in [0.2, 0.25) is 0 Å². The fraction of sp³-hybridized carbons (Fsp3) is 0.667. The first kappa shape index (κ1) is 15.6. The Labute approximate surface area is 116 Å². The van der Waals surface area contributed by atoms with Gasteiger partial charge in [0.05, 0.1) is 11.6 Å². The van der Waals surface area contributed by atoms with E-state index in [0.29, 0.717) is 10.6 Å². The van der Waals surface area contributed by atoms with Crippen LogP contribution < -0.4 is 5.32 Å². The molecule has 6 nitrogen and oxygen atoms in total. The summed E-state index contributed by atoms with van der Waals surface area (Å²) in [5.74, 6) is -1.72. The minimum absolute atomic E-state index is 0.0399. The van der Waals surface area contributed by atoms with E-state index >= 15 is 0 Å². The molecule has 0 radical (unpaired) electrons. The molecule has 1 atom stereocenters. The number of nitrogens with zero attached hydrogens (tertiary/aromatic N) is 2. The third-order valence-corrected chi connectivity index (χ3v) is 3.61. The molecule has 0 spiro atoms. The van der Waals surface area contributed by atoms with Crippen molar-refractivity contribution in [3.8, 4) is 0 Å². The molecule has 0 fully saturated rings. The first-order chi connectivity index (χ1) is 8.84. The number of nitrogens with one attached hydrogen (secondary N) is 1. The molecule has 0 aliphatic rings. The normalized spacial score (nSPS) is 12.7. The highest BCUT2D eigenvalue weighted by atomic mass is 32.1. The fourth-order valence-electron chi connectivity index (χ4n) is 1.62. The summed E-state index contributed by atoms with van der Waals surface area (Å²) in [5, 5.41) is 15.6. The number of carboxylic acids is 1.